The van der Waals surface area contributed by atoms with Crippen LogP contribution < -0.4 is 10.1 Å². The Morgan fingerprint density at radius 1 is 1.21 bits per heavy atom. The SMILES string of the molecule is COc1ccc(NCc2cc3oc(-c4nn[nH]n4)cc3cc2Cl)cc1C(F)(F)F. The summed E-state index contributed by atoms with van der Waals surface area (Å²) in [7, 11) is 1.19. The van der Waals surface area contributed by atoms with Crippen molar-refractivity contribution in [1.82, 2.24) is 20.6 Å². The Hall–Kier alpha value is -3.27. The minimum Gasteiger partial charge on any atom is -0.496 e. The number of alkyl halides is 3. The van der Waals surface area contributed by atoms with E-state index in [2.05, 4.69) is 25.9 Å². The van der Waals surface area contributed by atoms with Crippen LogP contribution in [0.5, 0.6) is 5.75 Å². The fourth-order valence-corrected chi connectivity index (χ4v) is 3.09. The first-order valence-corrected chi connectivity index (χ1v) is 8.68. The summed E-state index contributed by atoms with van der Waals surface area (Å²) >= 11 is 6.32. The predicted octanol–water partition coefficient (Wildman–Crippen LogP) is 4.91. The average Bonchev–Trinajstić information content (AvgIpc) is 3.34. The number of anilines is 1. The van der Waals surface area contributed by atoms with Crippen LogP contribution in [0.1, 0.15) is 11.1 Å². The Morgan fingerprint density at radius 3 is 2.72 bits per heavy atom. The molecule has 2 aromatic carbocycles. The summed E-state index contributed by atoms with van der Waals surface area (Å²) in [4.78, 5) is 0. The molecule has 4 aromatic rings. The summed E-state index contributed by atoms with van der Waals surface area (Å²) < 4.78 is 50.0. The van der Waals surface area contributed by atoms with Gasteiger partial charge in [-0.15, -0.1) is 10.2 Å². The molecule has 4 rings (SSSR count). The van der Waals surface area contributed by atoms with E-state index in [-0.39, 0.29) is 18.0 Å². The number of halogens is 4. The van der Waals surface area contributed by atoms with Crippen LogP contribution in [-0.4, -0.2) is 27.7 Å². The molecule has 0 aliphatic heterocycles. The Morgan fingerprint density at radius 2 is 2.03 bits per heavy atom. The number of tetrazole rings is 1. The van der Waals surface area contributed by atoms with Gasteiger partial charge in [0.15, 0.2) is 5.76 Å². The fourth-order valence-electron chi connectivity index (χ4n) is 2.85. The van der Waals surface area contributed by atoms with Crippen molar-refractivity contribution in [3.63, 3.8) is 0 Å². The molecule has 0 saturated heterocycles. The Kier molecular flexibility index (Phi) is 4.79. The van der Waals surface area contributed by atoms with Gasteiger partial charge in [0.05, 0.1) is 12.7 Å². The van der Waals surface area contributed by atoms with Crippen LogP contribution in [0.25, 0.3) is 22.6 Å². The van der Waals surface area contributed by atoms with E-state index in [9.17, 15) is 13.2 Å². The minimum atomic E-state index is -4.53. The summed E-state index contributed by atoms with van der Waals surface area (Å²) in [5.41, 5.74) is 0.609. The molecule has 2 heterocycles. The van der Waals surface area contributed by atoms with Crippen molar-refractivity contribution in [2.24, 2.45) is 0 Å². The molecule has 0 radical (unpaired) electrons. The first kappa shape index (κ1) is 19.1. The van der Waals surface area contributed by atoms with Crippen molar-refractivity contribution >= 4 is 28.3 Å². The van der Waals surface area contributed by atoms with Gasteiger partial charge in [0.1, 0.15) is 11.3 Å². The van der Waals surface area contributed by atoms with E-state index in [1.807, 2.05) is 0 Å². The van der Waals surface area contributed by atoms with Gasteiger partial charge < -0.3 is 14.5 Å². The zero-order valence-corrected chi connectivity index (χ0v) is 15.6. The van der Waals surface area contributed by atoms with Crippen LogP contribution in [0.4, 0.5) is 18.9 Å². The van der Waals surface area contributed by atoms with Gasteiger partial charge in [0.25, 0.3) is 0 Å². The van der Waals surface area contributed by atoms with E-state index < -0.39 is 11.7 Å². The number of methoxy groups -OCH3 is 1. The first-order chi connectivity index (χ1) is 13.8. The molecule has 29 heavy (non-hydrogen) atoms. The lowest BCUT2D eigenvalue weighted by molar-refractivity contribution is -0.138. The molecule has 0 amide bonds. The second kappa shape index (κ2) is 7.28. The molecule has 0 aliphatic rings. The fraction of sp³-hybridized carbons (Fsp3) is 0.167. The van der Waals surface area contributed by atoms with E-state index in [0.29, 0.717) is 27.8 Å². The number of furan rings is 1. The molecule has 0 unspecified atom stereocenters. The van der Waals surface area contributed by atoms with Crippen molar-refractivity contribution in [3.05, 3.63) is 52.5 Å². The average molecular weight is 424 g/mol. The number of fused-ring (bicyclic) bond motifs is 1. The molecule has 11 heteroatoms. The maximum absolute atomic E-state index is 13.2. The summed E-state index contributed by atoms with van der Waals surface area (Å²) in [5.74, 6) is 0.474. The van der Waals surface area contributed by atoms with Crippen LogP contribution in [0, 0.1) is 0 Å². The summed E-state index contributed by atoms with van der Waals surface area (Å²) in [5, 5.41) is 17.7. The molecule has 0 spiro atoms. The van der Waals surface area contributed by atoms with Gasteiger partial charge >= 0.3 is 6.18 Å². The lowest BCUT2D eigenvalue weighted by atomic mass is 10.1. The van der Waals surface area contributed by atoms with E-state index >= 15 is 0 Å². The zero-order valence-electron chi connectivity index (χ0n) is 14.8. The summed E-state index contributed by atoms with van der Waals surface area (Å²) in [6, 6.07) is 8.90. The topological polar surface area (TPSA) is 88.9 Å². The lowest BCUT2D eigenvalue weighted by Gasteiger charge is -2.14. The molecular weight excluding hydrogens is 411 g/mol. The zero-order chi connectivity index (χ0) is 20.6. The number of H-pyrrole nitrogens is 1. The molecular formula is C18H13ClF3N5O2. The molecule has 2 N–H and O–H groups in total. The molecule has 7 nitrogen and oxygen atoms in total. The highest BCUT2D eigenvalue weighted by atomic mass is 35.5. The Balaban J connectivity index is 1.59. The number of aromatic nitrogens is 4. The van der Waals surface area contributed by atoms with E-state index in [0.717, 1.165) is 11.5 Å². The second-order valence-electron chi connectivity index (χ2n) is 6.09. The number of benzene rings is 2. The smallest absolute Gasteiger partial charge is 0.420 e. The molecule has 0 aliphatic carbocycles. The lowest BCUT2D eigenvalue weighted by Crippen LogP contribution is -2.09. The second-order valence-corrected chi connectivity index (χ2v) is 6.50. The van der Waals surface area contributed by atoms with Gasteiger partial charge in [-0.25, -0.2) is 0 Å². The van der Waals surface area contributed by atoms with Crippen LogP contribution >= 0.6 is 11.6 Å². The maximum Gasteiger partial charge on any atom is 0.420 e. The number of ether oxygens (including phenoxy) is 1. The Labute approximate surface area is 166 Å². The van der Waals surface area contributed by atoms with Gasteiger partial charge in [0, 0.05) is 22.6 Å². The van der Waals surface area contributed by atoms with Gasteiger partial charge in [-0.05, 0) is 47.2 Å². The van der Waals surface area contributed by atoms with Gasteiger partial charge in [-0.3, -0.25) is 0 Å². The first-order valence-electron chi connectivity index (χ1n) is 8.30. The third-order valence-electron chi connectivity index (χ3n) is 4.24. The Bertz CT molecular complexity index is 1160. The summed E-state index contributed by atoms with van der Waals surface area (Å²) in [6.07, 6.45) is -4.53. The third kappa shape index (κ3) is 3.83. The number of aromatic amines is 1. The van der Waals surface area contributed by atoms with Crippen molar-refractivity contribution in [3.8, 4) is 17.3 Å². The van der Waals surface area contributed by atoms with E-state index in [4.69, 9.17) is 20.8 Å². The van der Waals surface area contributed by atoms with Crippen LogP contribution in [0.2, 0.25) is 5.02 Å². The minimum absolute atomic E-state index is 0.191. The van der Waals surface area contributed by atoms with Crippen molar-refractivity contribution in [2.75, 3.05) is 12.4 Å². The number of hydrogen-bond donors (Lipinski definition) is 2. The van der Waals surface area contributed by atoms with Gasteiger partial charge in [0.2, 0.25) is 5.82 Å². The van der Waals surface area contributed by atoms with Gasteiger partial charge in [-0.1, -0.05) is 11.6 Å². The highest BCUT2D eigenvalue weighted by Crippen LogP contribution is 2.38. The standard InChI is InChI=1S/C18H13ClF3N5O2/c1-28-14-3-2-11(7-12(14)18(20,21)22)23-8-10-6-15-9(4-13(10)19)5-16(29-15)17-24-26-27-25-17/h2-7,23H,8H2,1H3,(H,24,25,26,27). The number of nitrogens with one attached hydrogen (secondary N) is 2. The number of nitrogens with zero attached hydrogens (tertiary/aromatic N) is 3. The molecule has 150 valence electrons. The largest absolute Gasteiger partial charge is 0.496 e. The highest BCUT2D eigenvalue weighted by Gasteiger charge is 2.34. The molecule has 0 saturated carbocycles. The highest BCUT2D eigenvalue weighted by molar-refractivity contribution is 6.32. The molecule has 0 bridgehead atoms. The quantitative estimate of drug-likeness (QED) is 0.474. The number of hydrogen-bond acceptors (Lipinski definition) is 6. The van der Waals surface area contributed by atoms with Crippen LogP contribution in [-0.2, 0) is 12.7 Å². The van der Waals surface area contributed by atoms with Gasteiger partial charge in [-0.2, -0.15) is 18.4 Å². The normalized spacial score (nSPS) is 11.8. The van der Waals surface area contributed by atoms with Crippen LogP contribution in [0.3, 0.4) is 0 Å². The van der Waals surface area contributed by atoms with Crippen molar-refractivity contribution < 1.29 is 22.3 Å². The molecule has 0 fully saturated rings. The number of rotatable bonds is 5. The van der Waals surface area contributed by atoms with E-state index in [1.54, 1.807) is 18.2 Å². The predicted molar refractivity (Wildman–Crippen MR) is 99.7 cm³/mol. The molecule has 2 aromatic heterocycles. The van der Waals surface area contributed by atoms with Crippen molar-refractivity contribution in [1.29, 1.82) is 0 Å². The maximum atomic E-state index is 13.2. The third-order valence-corrected chi connectivity index (χ3v) is 4.59. The van der Waals surface area contributed by atoms with Crippen molar-refractivity contribution in [2.45, 2.75) is 12.7 Å². The monoisotopic (exact) mass is 423 g/mol. The van der Waals surface area contributed by atoms with E-state index in [1.165, 1.54) is 19.2 Å². The molecule has 0 atom stereocenters. The van der Waals surface area contributed by atoms with Crippen LogP contribution in [0.15, 0.2) is 40.8 Å². The summed E-state index contributed by atoms with van der Waals surface area (Å²) in [6.45, 7) is 0.191.